The van der Waals surface area contributed by atoms with Crippen LogP contribution in [0.5, 0.6) is 0 Å². The van der Waals surface area contributed by atoms with Gasteiger partial charge in [-0.25, -0.2) is 14.2 Å². The number of nitrogens with zero attached hydrogens (tertiary/aromatic N) is 2. The summed E-state index contributed by atoms with van der Waals surface area (Å²) in [6.45, 7) is 12.2. The van der Waals surface area contributed by atoms with Crippen molar-refractivity contribution < 1.29 is 4.21 Å². The van der Waals surface area contributed by atoms with Gasteiger partial charge < -0.3 is 5.32 Å². The topological polar surface area (TPSA) is 66.9 Å². The van der Waals surface area contributed by atoms with Crippen molar-refractivity contribution in [3.05, 3.63) is 77.7 Å². The van der Waals surface area contributed by atoms with Gasteiger partial charge in [0, 0.05) is 17.5 Å². The Morgan fingerprint density at radius 1 is 1.12 bits per heavy atom. The number of hydrogen-bond donors (Lipinski definition) is 2. The lowest BCUT2D eigenvalue weighted by Crippen LogP contribution is -2.12. The summed E-state index contributed by atoms with van der Waals surface area (Å²) < 4.78 is 17.1. The third-order valence-electron chi connectivity index (χ3n) is 5.00. The molecule has 0 aliphatic heterocycles. The van der Waals surface area contributed by atoms with E-state index in [1.165, 1.54) is 0 Å². The molecule has 0 spiro atoms. The van der Waals surface area contributed by atoms with E-state index in [9.17, 15) is 4.21 Å². The molecule has 4 rings (SSSR count). The van der Waals surface area contributed by atoms with Crippen molar-refractivity contribution in [1.82, 2.24) is 9.97 Å². The molecule has 1 unspecified atom stereocenters. The van der Waals surface area contributed by atoms with Gasteiger partial charge in [0.15, 0.2) is 10.3 Å². The fourth-order valence-electron chi connectivity index (χ4n) is 3.25. The van der Waals surface area contributed by atoms with Crippen LogP contribution in [0.4, 0.5) is 10.8 Å². The highest BCUT2D eigenvalue weighted by Gasteiger charge is 2.16. The van der Waals surface area contributed by atoms with Crippen LogP contribution in [0.1, 0.15) is 33.3 Å². The molecule has 0 aliphatic carbocycles. The quantitative estimate of drug-likeness (QED) is 0.273. The number of pyridine rings is 1. The minimum atomic E-state index is -1.48. The van der Waals surface area contributed by atoms with Crippen molar-refractivity contribution in [1.29, 1.82) is 0 Å². The van der Waals surface area contributed by atoms with Crippen molar-refractivity contribution in [3.8, 4) is 11.1 Å². The average Bonchev–Trinajstić information content (AvgIpc) is 3.15. The van der Waals surface area contributed by atoms with E-state index in [2.05, 4.69) is 53.4 Å². The monoisotopic (exact) mass is 496 g/mol. The highest BCUT2D eigenvalue weighted by Crippen LogP contribution is 2.33. The molecule has 0 saturated heterocycles. The zero-order chi connectivity index (χ0) is 23.8. The van der Waals surface area contributed by atoms with Crippen LogP contribution in [0, 0.1) is 0 Å². The van der Waals surface area contributed by atoms with Crippen molar-refractivity contribution in [3.63, 3.8) is 0 Å². The van der Waals surface area contributed by atoms with Gasteiger partial charge in [0.25, 0.3) is 0 Å². The zero-order valence-electron chi connectivity index (χ0n) is 18.9. The number of halogens is 1. The largest absolute Gasteiger partial charge is 0.336 e. The summed E-state index contributed by atoms with van der Waals surface area (Å²) in [7, 11) is -1.48. The van der Waals surface area contributed by atoms with Gasteiger partial charge in [-0.15, -0.1) is 0 Å². The van der Waals surface area contributed by atoms with E-state index in [1.807, 2.05) is 49.4 Å². The van der Waals surface area contributed by atoms with Gasteiger partial charge in [0.2, 0.25) is 0 Å². The minimum absolute atomic E-state index is 0.0334. The first-order valence-electron chi connectivity index (χ1n) is 10.4. The molecule has 0 radical (unpaired) electrons. The van der Waals surface area contributed by atoms with Crippen LogP contribution in [0.2, 0.25) is 5.15 Å². The van der Waals surface area contributed by atoms with Crippen molar-refractivity contribution in [2.75, 3.05) is 10.0 Å². The predicted octanol–water partition coefficient (Wildman–Crippen LogP) is 7.39. The highest BCUT2D eigenvalue weighted by molar-refractivity contribution is 7.86. The van der Waals surface area contributed by atoms with Crippen LogP contribution < -0.4 is 10.0 Å². The fourth-order valence-corrected chi connectivity index (χ4v) is 5.35. The Kier molecular flexibility index (Phi) is 6.56. The summed E-state index contributed by atoms with van der Waals surface area (Å²) in [5.41, 5.74) is 5.19. The summed E-state index contributed by atoms with van der Waals surface area (Å²) >= 11 is 7.89. The maximum atomic E-state index is 13.1. The number of thiazole rings is 1. The number of allylic oxidation sites excluding steroid dienone is 1. The Bertz CT molecular complexity index is 1370. The maximum Gasteiger partial charge on any atom is 0.188 e. The Morgan fingerprint density at radius 3 is 2.64 bits per heavy atom. The maximum absolute atomic E-state index is 13.1. The SMILES string of the molecule is C=C(C)Nc1nc2ccc(-c3cnc(Cl)c(NS(=O)c4cccc(C(C)(C)C)c4)c3)cc2s1. The lowest BCUT2D eigenvalue weighted by Gasteiger charge is -2.19. The molecule has 5 nitrogen and oxygen atoms in total. The fraction of sp³-hybridized carbons (Fsp3) is 0.200. The van der Waals surface area contributed by atoms with Crippen molar-refractivity contribution >= 4 is 55.0 Å². The second kappa shape index (κ2) is 9.25. The molecule has 33 heavy (non-hydrogen) atoms. The minimum Gasteiger partial charge on any atom is -0.336 e. The molecule has 4 aromatic rings. The Balaban J connectivity index is 1.62. The summed E-state index contributed by atoms with van der Waals surface area (Å²) in [6, 6.07) is 15.7. The molecular formula is C25H25ClN4OS2. The smallest absolute Gasteiger partial charge is 0.188 e. The number of fused-ring (bicyclic) bond motifs is 1. The standard InChI is InChI=1S/C25H25ClN4OS2/c1-15(2)28-24-29-20-10-9-16(12-22(20)32-24)17-11-21(23(26)27-14-17)30-33(31)19-8-6-7-18(13-19)25(3,4)5/h6-14,30H,1H2,2-5H3,(H,28,29). The van der Waals surface area contributed by atoms with E-state index in [0.717, 1.165) is 37.7 Å². The Hall–Kier alpha value is -2.74. The normalized spacial score (nSPS) is 12.5. The van der Waals surface area contributed by atoms with Gasteiger partial charge in [0.1, 0.15) is 11.0 Å². The first-order valence-corrected chi connectivity index (χ1v) is 12.7. The molecule has 0 amide bonds. The molecule has 0 bridgehead atoms. The second-order valence-corrected chi connectivity index (χ2v) is 11.4. The van der Waals surface area contributed by atoms with Gasteiger partial charge in [-0.2, -0.15) is 0 Å². The van der Waals surface area contributed by atoms with Gasteiger partial charge in [-0.3, -0.25) is 4.72 Å². The van der Waals surface area contributed by atoms with Crippen LogP contribution in [-0.4, -0.2) is 14.2 Å². The Morgan fingerprint density at radius 2 is 1.91 bits per heavy atom. The Labute approximate surface area is 205 Å². The molecule has 2 aromatic carbocycles. The summed E-state index contributed by atoms with van der Waals surface area (Å²) in [5.74, 6) is 0. The number of aromatic nitrogens is 2. The van der Waals surface area contributed by atoms with Gasteiger partial charge in [-0.1, -0.05) is 68.5 Å². The third-order valence-corrected chi connectivity index (χ3v) is 7.32. The first kappa shape index (κ1) is 23.4. The summed E-state index contributed by atoms with van der Waals surface area (Å²) in [6.07, 6.45) is 1.71. The zero-order valence-corrected chi connectivity index (χ0v) is 21.3. The van der Waals surface area contributed by atoms with Crippen molar-refractivity contribution in [2.45, 2.75) is 38.0 Å². The van der Waals surface area contributed by atoms with Gasteiger partial charge in [0.05, 0.1) is 20.8 Å². The number of benzene rings is 2. The molecule has 0 saturated carbocycles. The van der Waals surface area contributed by atoms with Crippen LogP contribution in [-0.2, 0) is 16.4 Å². The van der Waals surface area contributed by atoms with E-state index in [4.69, 9.17) is 11.6 Å². The van der Waals surface area contributed by atoms with E-state index >= 15 is 0 Å². The highest BCUT2D eigenvalue weighted by atomic mass is 35.5. The molecule has 2 N–H and O–H groups in total. The predicted molar refractivity (Wildman–Crippen MR) is 141 cm³/mol. The molecule has 2 heterocycles. The molecule has 1 atom stereocenters. The number of hydrogen-bond acceptors (Lipinski definition) is 5. The number of nitrogens with one attached hydrogen (secondary N) is 2. The van der Waals surface area contributed by atoms with Gasteiger partial charge in [-0.05, 0) is 53.8 Å². The van der Waals surface area contributed by atoms with Crippen LogP contribution in [0.15, 0.2) is 71.9 Å². The first-order chi connectivity index (χ1) is 15.6. The lowest BCUT2D eigenvalue weighted by molar-refractivity contribution is 0.588. The lowest BCUT2D eigenvalue weighted by atomic mass is 9.87. The molecule has 2 aromatic heterocycles. The molecule has 8 heteroatoms. The molecule has 0 aliphatic rings. The number of anilines is 2. The third kappa shape index (κ3) is 5.43. The van der Waals surface area contributed by atoms with Crippen LogP contribution in [0.25, 0.3) is 21.3 Å². The van der Waals surface area contributed by atoms with E-state index in [0.29, 0.717) is 10.6 Å². The van der Waals surface area contributed by atoms with Crippen LogP contribution in [0.3, 0.4) is 0 Å². The molecular weight excluding hydrogens is 472 g/mol. The molecule has 170 valence electrons. The molecule has 0 fully saturated rings. The number of rotatable bonds is 6. The average molecular weight is 497 g/mol. The van der Waals surface area contributed by atoms with Gasteiger partial charge >= 0.3 is 0 Å². The van der Waals surface area contributed by atoms with E-state index in [1.54, 1.807) is 17.5 Å². The summed E-state index contributed by atoms with van der Waals surface area (Å²) in [5, 5.41) is 4.23. The second-order valence-electron chi connectivity index (χ2n) is 8.82. The summed E-state index contributed by atoms with van der Waals surface area (Å²) in [4.78, 5) is 9.58. The van der Waals surface area contributed by atoms with Crippen molar-refractivity contribution in [2.24, 2.45) is 0 Å². The van der Waals surface area contributed by atoms with E-state index in [-0.39, 0.29) is 10.6 Å². The van der Waals surface area contributed by atoms with E-state index < -0.39 is 11.0 Å². The van der Waals surface area contributed by atoms with Crippen LogP contribution >= 0.6 is 22.9 Å².